The average molecular weight is 224 g/mol. The molecule has 1 aliphatic rings. The van der Waals surface area contributed by atoms with Crippen molar-refractivity contribution >= 4 is 5.69 Å². The molecule has 1 aromatic rings. The largest absolute Gasteiger partial charge is 0.500 e. The number of phenols is 1. The summed E-state index contributed by atoms with van der Waals surface area (Å²) in [6.07, 6.45) is 0.936. The van der Waals surface area contributed by atoms with Gasteiger partial charge in [0.1, 0.15) is 0 Å². The van der Waals surface area contributed by atoms with Crippen molar-refractivity contribution in [3.8, 4) is 11.5 Å². The normalized spacial score (nSPS) is 18.9. The first-order valence-electron chi connectivity index (χ1n) is 4.92. The molecule has 1 heterocycles. The Morgan fingerprint density at radius 3 is 2.75 bits per heavy atom. The van der Waals surface area contributed by atoms with Crippen LogP contribution in [-0.2, 0) is 0 Å². The van der Waals surface area contributed by atoms with Gasteiger partial charge in [-0.25, -0.2) is 0 Å². The van der Waals surface area contributed by atoms with E-state index in [1.807, 2.05) is 0 Å². The van der Waals surface area contributed by atoms with Crippen molar-refractivity contribution in [3.05, 3.63) is 27.8 Å². The van der Waals surface area contributed by atoms with Gasteiger partial charge < -0.3 is 15.2 Å². The molecule has 1 fully saturated rings. The number of aromatic hydroxyl groups is 1. The van der Waals surface area contributed by atoms with Crippen LogP contribution in [0.2, 0.25) is 0 Å². The predicted molar refractivity (Wildman–Crippen MR) is 56.7 cm³/mol. The molecule has 1 saturated heterocycles. The van der Waals surface area contributed by atoms with Crippen LogP contribution in [0.1, 0.15) is 18.0 Å². The molecule has 0 bridgehead atoms. The molecule has 2 rings (SSSR count). The summed E-state index contributed by atoms with van der Waals surface area (Å²) < 4.78 is 4.91. The molecule has 6 heteroatoms. The van der Waals surface area contributed by atoms with Crippen LogP contribution in [0.25, 0.3) is 0 Å². The SMILES string of the molecule is COc1cc(C2CCN2)cc([N+](=O)[O-])c1O. The van der Waals surface area contributed by atoms with Gasteiger partial charge in [0.25, 0.3) is 0 Å². The maximum absolute atomic E-state index is 10.7. The van der Waals surface area contributed by atoms with Gasteiger partial charge in [-0.3, -0.25) is 10.1 Å². The van der Waals surface area contributed by atoms with Crippen LogP contribution in [0.3, 0.4) is 0 Å². The van der Waals surface area contributed by atoms with Crippen molar-refractivity contribution < 1.29 is 14.8 Å². The Balaban J connectivity index is 2.47. The van der Waals surface area contributed by atoms with Crippen molar-refractivity contribution in [2.24, 2.45) is 0 Å². The van der Waals surface area contributed by atoms with E-state index in [2.05, 4.69) is 5.32 Å². The summed E-state index contributed by atoms with van der Waals surface area (Å²) in [7, 11) is 1.37. The highest BCUT2D eigenvalue weighted by molar-refractivity contribution is 5.57. The zero-order valence-electron chi connectivity index (χ0n) is 8.77. The second kappa shape index (κ2) is 3.97. The Kier molecular flexibility index (Phi) is 2.66. The highest BCUT2D eigenvalue weighted by atomic mass is 16.6. The van der Waals surface area contributed by atoms with E-state index < -0.39 is 10.7 Å². The molecule has 16 heavy (non-hydrogen) atoms. The van der Waals surface area contributed by atoms with Crippen LogP contribution in [0.4, 0.5) is 5.69 Å². The van der Waals surface area contributed by atoms with Gasteiger partial charge in [0, 0.05) is 12.1 Å². The molecule has 6 nitrogen and oxygen atoms in total. The fourth-order valence-corrected chi connectivity index (χ4v) is 1.68. The Bertz CT molecular complexity index is 429. The lowest BCUT2D eigenvalue weighted by Gasteiger charge is -2.28. The average Bonchev–Trinajstić information content (AvgIpc) is 2.17. The molecule has 0 amide bonds. The van der Waals surface area contributed by atoms with E-state index in [-0.39, 0.29) is 17.5 Å². The van der Waals surface area contributed by atoms with Gasteiger partial charge in [0.15, 0.2) is 5.75 Å². The summed E-state index contributed by atoms with van der Waals surface area (Å²) in [6.45, 7) is 0.904. The minimum atomic E-state index is -0.611. The van der Waals surface area contributed by atoms with Gasteiger partial charge in [-0.2, -0.15) is 0 Å². The lowest BCUT2D eigenvalue weighted by molar-refractivity contribution is -0.386. The summed E-state index contributed by atoms with van der Waals surface area (Å²) in [5, 5.41) is 23.4. The van der Waals surface area contributed by atoms with E-state index >= 15 is 0 Å². The summed E-state index contributed by atoms with van der Waals surface area (Å²) >= 11 is 0. The van der Waals surface area contributed by atoms with Crippen molar-refractivity contribution in [1.29, 1.82) is 0 Å². The van der Waals surface area contributed by atoms with Gasteiger partial charge in [0.05, 0.1) is 12.0 Å². The van der Waals surface area contributed by atoms with Crippen molar-refractivity contribution in [2.45, 2.75) is 12.5 Å². The van der Waals surface area contributed by atoms with Crippen molar-refractivity contribution in [2.75, 3.05) is 13.7 Å². The fourth-order valence-electron chi connectivity index (χ4n) is 1.68. The second-order valence-corrected chi connectivity index (χ2v) is 3.64. The number of nitrogens with zero attached hydrogens (tertiary/aromatic N) is 1. The molecule has 0 aromatic heterocycles. The van der Waals surface area contributed by atoms with E-state index in [1.54, 1.807) is 6.07 Å². The standard InChI is InChI=1S/C10H12N2O4/c1-16-9-5-6(7-2-3-11-7)4-8(10(9)13)12(14)15/h4-5,7,11,13H,2-3H2,1H3. The van der Waals surface area contributed by atoms with Gasteiger partial charge in [-0.05, 0) is 24.6 Å². The lowest BCUT2D eigenvalue weighted by atomic mass is 9.97. The van der Waals surface area contributed by atoms with Gasteiger partial charge in [-0.15, -0.1) is 0 Å². The highest BCUT2D eigenvalue weighted by Gasteiger charge is 2.25. The molecule has 86 valence electrons. The number of benzene rings is 1. The third-order valence-electron chi connectivity index (χ3n) is 2.72. The number of rotatable bonds is 3. The molecule has 0 saturated carbocycles. The molecular formula is C10H12N2O4. The first kappa shape index (κ1) is 10.7. The maximum Gasteiger partial charge on any atom is 0.314 e. The molecule has 1 aliphatic heterocycles. The Morgan fingerprint density at radius 2 is 2.31 bits per heavy atom. The van der Waals surface area contributed by atoms with Gasteiger partial charge in [-0.1, -0.05) is 0 Å². The first-order valence-corrected chi connectivity index (χ1v) is 4.92. The summed E-state index contributed by atoms with van der Waals surface area (Å²) in [5.41, 5.74) is 0.454. The van der Waals surface area contributed by atoms with E-state index in [0.717, 1.165) is 18.5 Å². The number of hydrogen-bond acceptors (Lipinski definition) is 5. The quantitative estimate of drug-likeness (QED) is 0.597. The Hall–Kier alpha value is -1.82. The molecule has 0 radical (unpaired) electrons. The minimum Gasteiger partial charge on any atom is -0.500 e. The van der Waals surface area contributed by atoms with Crippen molar-refractivity contribution in [1.82, 2.24) is 5.32 Å². The predicted octanol–water partition coefficient (Wildman–Crippen LogP) is 1.34. The molecule has 1 unspecified atom stereocenters. The third-order valence-corrected chi connectivity index (χ3v) is 2.72. The van der Waals surface area contributed by atoms with E-state index in [1.165, 1.54) is 13.2 Å². The Morgan fingerprint density at radius 1 is 1.62 bits per heavy atom. The first-order chi connectivity index (χ1) is 7.63. The maximum atomic E-state index is 10.7. The van der Waals surface area contributed by atoms with E-state index in [9.17, 15) is 15.2 Å². The fraction of sp³-hybridized carbons (Fsp3) is 0.400. The number of phenolic OH excluding ortho intramolecular Hbond substituents is 1. The number of nitro groups is 1. The summed E-state index contributed by atoms with van der Waals surface area (Å²) in [5.74, 6) is -0.284. The van der Waals surface area contributed by atoms with Crippen LogP contribution in [0.5, 0.6) is 11.5 Å². The molecule has 2 N–H and O–H groups in total. The zero-order chi connectivity index (χ0) is 11.7. The number of nitro benzene ring substituents is 1. The lowest BCUT2D eigenvalue weighted by Crippen LogP contribution is -2.34. The molecular weight excluding hydrogens is 212 g/mol. The van der Waals surface area contributed by atoms with Crippen LogP contribution in [0.15, 0.2) is 12.1 Å². The van der Waals surface area contributed by atoms with Crippen LogP contribution in [0, 0.1) is 10.1 Å². The minimum absolute atomic E-state index is 0.119. The zero-order valence-corrected chi connectivity index (χ0v) is 8.77. The Labute approximate surface area is 92.0 Å². The van der Waals surface area contributed by atoms with Crippen LogP contribution in [-0.4, -0.2) is 23.7 Å². The highest BCUT2D eigenvalue weighted by Crippen LogP contribution is 2.39. The monoisotopic (exact) mass is 224 g/mol. The summed E-state index contributed by atoms with van der Waals surface area (Å²) in [4.78, 5) is 10.1. The third kappa shape index (κ3) is 1.67. The number of ether oxygens (including phenoxy) is 1. The van der Waals surface area contributed by atoms with E-state index in [4.69, 9.17) is 4.74 Å². The summed E-state index contributed by atoms with van der Waals surface area (Å²) in [6, 6.07) is 3.13. The molecule has 0 spiro atoms. The van der Waals surface area contributed by atoms with E-state index in [0.29, 0.717) is 0 Å². The van der Waals surface area contributed by atoms with Crippen LogP contribution < -0.4 is 10.1 Å². The molecule has 1 aromatic carbocycles. The molecule has 0 aliphatic carbocycles. The smallest absolute Gasteiger partial charge is 0.314 e. The number of nitrogens with one attached hydrogen (secondary N) is 1. The molecule has 1 atom stereocenters. The second-order valence-electron chi connectivity index (χ2n) is 3.64. The number of methoxy groups -OCH3 is 1. The van der Waals surface area contributed by atoms with Gasteiger partial charge in [0.2, 0.25) is 5.75 Å². The van der Waals surface area contributed by atoms with Crippen molar-refractivity contribution in [3.63, 3.8) is 0 Å². The number of hydrogen-bond donors (Lipinski definition) is 2. The topological polar surface area (TPSA) is 84.6 Å². The van der Waals surface area contributed by atoms with Gasteiger partial charge >= 0.3 is 5.69 Å². The van der Waals surface area contributed by atoms with Crippen LogP contribution >= 0.6 is 0 Å².